The highest BCUT2D eigenvalue weighted by atomic mass is 19.1. The summed E-state index contributed by atoms with van der Waals surface area (Å²) in [4.78, 5) is 8.45. The lowest BCUT2D eigenvalue weighted by molar-refractivity contribution is 0.618. The second-order valence-electron chi connectivity index (χ2n) is 14.6. The Hall–Kier alpha value is -6.02. The first-order chi connectivity index (χ1) is 25.7. The Morgan fingerprint density at radius 2 is 0.481 bits per heavy atom. The number of aryl methyl sites for hydroxylation is 8. The summed E-state index contributed by atoms with van der Waals surface area (Å²) in [5.74, 6) is -0.00643. The highest BCUT2D eigenvalue weighted by Crippen LogP contribution is 2.58. The van der Waals surface area contributed by atoms with Crippen LogP contribution >= 0.6 is 0 Å². The molecule has 2 aliphatic rings. The van der Waals surface area contributed by atoms with Gasteiger partial charge in [-0.05, 0) is 197 Å². The first-order valence-electron chi connectivity index (χ1n) is 18.0. The molecule has 2 heterocycles. The van der Waals surface area contributed by atoms with Gasteiger partial charge >= 0.3 is 0 Å². The van der Waals surface area contributed by atoms with Gasteiger partial charge in [0.25, 0.3) is 0 Å². The first kappa shape index (κ1) is 35.0. The second kappa shape index (κ2) is 12.8. The Morgan fingerprint density at radius 3 is 0.667 bits per heavy atom. The lowest BCUT2D eigenvalue weighted by Crippen LogP contribution is -2.33. The van der Waals surface area contributed by atoms with Crippen LogP contribution in [0.3, 0.4) is 0 Å². The number of benzene rings is 6. The first-order valence-corrected chi connectivity index (χ1v) is 18.0. The zero-order chi connectivity index (χ0) is 38.3. The molecule has 0 aliphatic carbocycles. The van der Waals surface area contributed by atoms with Crippen LogP contribution in [-0.4, -0.2) is 0 Å². The largest absolute Gasteiger partial charge is 0.291 e. The van der Waals surface area contributed by atoms with Gasteiger partial charge in [0, 0.05) is 22.7 Å². The molecule has 2 aliphatic heterocycles. The molecule has 8 heteroatoms. The molecule has 0 N–H and O–H groups in total. The van der Waals surface area contributed by atoms with Crippen molar-refractivity contribution in [2.75, 3.05) is 19.6 Å². The molecule has 6 aromatic rings. The Labute approximate surface area is 313 Å². The molecule has 8 rings (SSSR count). The Bertz CT molecular complexity index is 2220. The standard InChI is InChI=1S/C46H40F4N4/c1-25-21-41-42(22-26(25)2)52(34-10-14-38(48)30(6)18-34)45(51(41)33-9-13-37(47)29(5)17-33)46-53(35-11-15-39(49)31(7)19-35)43-23-27(3)28(4)24-44(43)54(46)36-12-16-40(50)32(8)20-36/h9-24H,1-8H3. The number of hydrogen-bond donors (Lipinski definition) is 0. The van der Waals surface area contributed by atoms with Crippen molar-refractivity contribution < 1.29 is 17.6 Å². The maximum Gasteiger partial charge on any atom is 0.166 e. The van der Waals surface area contributed by atoms with E-state index in [9.17, 15) is 0 Å². The SMILES string of the molecule is Cc1cc2c(cc1C)N(c1ccc(F)c(C)c1)C(=C1N(c3ccc(F)c(C)c3)c3cc(C)c(C)cc3N1c1ccc(F)c(C)c1)N2c1ccc(F)c(C)c1. The minimum absolute atomic E-state index is 0.329. The van der Waals surface area contributed by atoms with E-state index in [1.807, 2.05) is 24.3 Å². The van der Waals surface area contributed by atoms with Crippen molar-refractivity contribution in [3.8, 4) is 0 Å². The number of hydrogen-bond acceptors (Lipinski definition) is 4. The molecular weight excluding hydrogens is 685 g/mol. The summed E-state index contributed by atoms with van der Waals surface area (Å²) in [7, 11) is 0. The summed E-state index contributed by atoms with van der Waals surface area (Å²) in [6.45, 7) is 15.2. The number of anilines is 8. The molecule has 4 nitrogen and oxygen atoms in total. The Kier molecular flexibility index (Phi) is 8.32. The molecule has 0 saturated carbocycles. The van der Waals surface area contributed by atoms with E-state index in [4.69, 9.17) is 0 Å². The molecule has 0 amide bonds. The average Bonchev–Trinajstić information content (AvgIpc) is 3.61. The highest BCUT2D eigenvalue weighted by Gasteiger charge is 2.45. The van der Waals surface area contributed by atoms with E-state index < -0.39 is 0 Å². The van der Waals surface area contributed by atoms with E-state index in [-0.39, 0.29) is 23.3 Å². The van der Waals surface area contributed by atoms with Crippen LogP contribution in [0.1, 0.15) is 44.5 Å². The van der Waals surface area contributed by atoms with Gasteiger partial charge in [-0.3, -0.25) is 19.6 Å². The quantitative estimate of drug-likeness (QED) is 0.168. The number of halogens is 4. The van der Waals surface area contributed by atoms with Gasteiger partial charge in [-0.15, -0.1) is 0 Å². The topological polar surface area (TPSA) is 13.0 Å². The maximum atomic E-state index is 15.0. The molecule has 272 valence electrons. The highest BCUT2D eigenvalue weighted by molar-refractivity contribution is 6.00. The molecule has 6 aromatic carbocycles. The van der Waals surface area contributed by atoms with E-state index in [1.54, 1.807) is 52.0 Å². The summed E-state index contributed by atoms with van der Waals surface area (Å²) >= 11 is 0. The molecule has 0 spiro atoms. The average molecular weight is 725 g/mol. The van der Waals surface area contributed by atoms with Gasteiger partial charge in [0.05, 0.1) is 22.7 Å². The summed E-state index contributed by atoms with van der Waals surface area (Å²) in [5.41, 5.74) is 12.2. The zero-order valence-corrected chi connectivity index (χ0v) is 31.5. The van der Waals surface area contributed by atoms with Gasteiger partial charge in [0.2, 0.25) is 0 Å². The normalized spacial score (nSPS) is 13.7. The van der Waals surface area contributed by atoms with Crippen molar-refractivity contribution in [2.45, 2.75) is 55.4 Å². The van der Waals surface area contributed by atoms with Crippen LogP contribution in [0.25, 0.3) is 0 Å². The minimum atomic E-state index is -0.329. The van der Waals surface area contributed by atoms with E-state index in [0.717, 1.165) is 45.0 Å². The van der Waals surface area contributed by atoms with Gasteiger partial charge in [-0.1, -0.05) is 0 Å². The fourth-order valence-corrected chi connectivity index (χ4v) is 7.46. The predicted molar refractivity (Wildman–Crippen MR) is 212 cm³/mol. The third-order valence-corrected chi connectivity index (χ3v) is 10.8. The van der Waals surface area contributed by atoms with E-state index in [0.29, 0.717) is 56.6 Å². The van der Waals surface area contributed by atoms with Gasteiger partial charge < -0.3 is 0 Å². The van der Waals surface area contributed by atoms with Crippen LogP contribution in [0.4, 0.5) is 63.1 Å². The minimum Gasteiger partial charge on any atom is -0.291 e. The van der Waals surface area contributed by atoms with Gasteiger partial charge in [-0.25, -0.2) is 17.6 Å². The van der Waals surface area contributed by atoms with Crippen molar-refractivity contribution in [1.82, 2.24) is 0 Å². The van der Waals surface area contributed by atoms with Crippen LogP contribution in [0.15, 0.2) is 109 Å². The lowest BCUT2D eigenvalue weighted by Gasteiger charge is -2.34. The van der Waals surface area contributed by atoms with Gasteiger partial charge in [0.15, 0.2) is 11.6 Å². The van der Waals surface area contributed by atoms with Crippen LogP contribution < -0.4 is 19.6 Å². The number of nitrogens with zero attached hydrogens (tertiary/aromatic N) is 4. The van der Waals surface area contributed by atoms with Crippen molar-refractivity contribution in [2.24, 2.45) is 0 Å². The van der Waals surface area contributed by atoms with E-state index >= 15 is 17.6 Å². The van der Waals surface area contributed by atoms with Crippen molar-refractivity contribution >= 4 is 45.5 Å². The zero-order valence-electron chi connectivity index (χ0n) is 31.5. The van der Waals surface area contributed by atoms with Crippen LogP contribution in [0.2, 0.25) is 0 Å². The smallest absolute Gasteiger partial charge is 0.166 e. The molecule has 0 bridgehead atoms. The Balaban J connectivity index is 1.59. The van der Waals surface area contributed by atoms with Gasteiger partial charge in [-0.2, -0.15) is 0 Å². The molecule has 0 radical (unpaired) electrons. The molecule has 0 saturated heterocycles. The molecular formula is C46H40F4N4. The van der Waals surface area contributed by atoms with Gasteiger partial charge in [0.1, 0.15) is 23.3 Å². The molecule has 0 atom stereocenters. The van der Waals surface area contributed by atoms with Crippen LogP contribution in [0, 0.1) is 78.7 Å². The van der Waals surface area contributed by atoms with Crippen LogP contribution in [0.5, 0.6) is 0 Å². The fraction of sp³-hybridized carbons (Fsp3) is 0.174. The maximum absolute atomic E-state index is 15.0. The number of fused-ring (bicyclic) bond motifs is 2. The van der Waals surface area contributed by atoms with E-state index in [1.165, 1.54) is 24.3 Å². The molecule has 0 unspecified atom stereocenters. The summed E-state index contributed by atoms with van der Waals surface area (Å²) in [5, 5.41) is 0. The fourth-order valence-electron chi connectivity index (χ4n) is 7.46. The molecule has 0 fully saturated rings. The lowest BCUT2D eigenvalue weighted by atomic mass is 10.1. The number of rotatable bonds is 4. The third-order valence-electron chi connectivity index (χ3n) is 10.8. The summed E-state index contributed by atoms with van der Waals surface area (Å²) in [6.07, 6.45) is 0. The molecule has 54 heavy (non-hydrogen) atoms. The molecule has 0 aromatic heterocycles. The summed E-state index contributed by atoms with van der Waals surface area (Å²) < 4.78 is 60.1. The van der Waals surface area contributed by atoms with Crippen molar-refractivity contribution in [3.05, 3.63) is 176 Å². The Morgan fingerprint density at radius 1 is 0.278 bits per heavy atom. The third kappa shape index (κ3) is 5.51. The van der Waals surface area contributed by atoms with E-state index in [2.05, 4.69) is 71.6 Å². The summed E-state index contributed by atoms with van der Waals surface area (Å²) in [6, 6.07) is 28.7. The van der Waals surface area contributed by atoms with Crippen molar-refractivity contribution in [1.29, 1.82) is 0 Å². The van der Waals surface area contributed by atoms with Crippen molar-refractivity contribution in [3.63, 3.8) is 0 Å². The van der Waals surface area contributed by atoms with Crippen LogP contribution in [-0.2, 0) is 0 Å². The predicted octanol–water partition coefficient (Wildman–Crippen LogP) is 13.1. The second-order valence-corrected chi connectivity index (χ2v) is 14.6. The monoisotopic (exact) mass is 724 g/mol.